The third-order valence-corrected chi connectivity index (χ3v) is 5.78. The molecule has 2 aromatic rings. The summed E-state index contributed by atoms with van der Waals surface area (Å²) in [4.78, 5) is 16.9. The quantitative estimate of drug-likeness (QED) is 0.803. The standard InChI is InChI=1S/C20H16F3N3OS/c1-12(15-5-3-4-6-16(15)20(21,22)23)25-18-26-17(27)19(2,28-18)14-9-7-13(11-24)8-10-14/h3-10,12H,1-2H3,(H,25,26,27). The molecular weight excluding hydrogens is 387 g/mol. The van der Waals surface area contributed by atoms with Crippen molar-refractivity contribution in [1.29, 1.82) is 5.26 Å². The van der Waals surface area contributed by atoms with Gasteiger partial charge in [0.1, 0.15) is 4.75 Å². The van der Waals surface area contributed by atoms with E-state index in [4.69, 9.17) is 5.26 Å². The van der Waals surface area contributed by atoms with E-state index in [0.29, 0.717) is 11.1 Å². The minimum Gasteiger partial charge on any atom is -0.304 e. The summed E-state index contributed by atoms with van der Waals surface area (Å²) in [7, 11) is 0. The van der Waals surface area contributed by atoms with Gasteiger partial charge in [-0.15, -0.1) is 0 Å². The lowest BCUT2D eigenvalue weighted by Crippen LogP contribution is -2.31. The van der Waals surface area contributed by atoms with Crippen molar-refractivity contribution in [3.05, 3.63) is 70.8 Å². The van der Waals surface area contributed by atoms with Gasteiger partial charge in [0.15, 0.2) is 5.17 Å². The van der Waals surface area contributed by atoms with Crippen LogP contribution in [0.15, 0.2) is 53.5 Å². The van der Waals surface area contributed by atoms with Gasteiger partial charge in [-0.3, -0.25) is 9.79 Å². The maximum atomic E-state index is 13.2. The Bertz CT molecular complexity index is 979. The number of aliphatic imine (C=N–C) groups is 1. The van der Waals surface area contributed by atoms with Crippen LogP contribution in [0.3, 0.4) is 0 Å². The van der Waals surface area contributed by atoms with E-state index >= 15 is 0 Å². The van der Waals surface area contributed by atoms with Crippen LogP contribution in [0.25, 0.3) is 0 Å². The van der Waals surface area contributed by atoms with Crippen LogP contribution in [-0.2, 0) is 15.7 Å². The molecule has 1 aliphatic rings. The number of nitrogens with zero attached hydrogens (tertiary/aromatic N) is 2. The number of thioether (sulfide) groups is 1. The van der Waals surface area contributed by atoms with Crippen LogP contribution in [-0.4, -0.2) is 11.1 Å². The van der Waals surface area contributed by atoms with Gasteiger partial charge >= 0.3 is 6.18 Å². The molecule has 0 radical (unpaired) electrons. The number of amidine groups is 1. The summed E-state index contributed by atoms with van der Waals surface area (Å²) in [5, 5.41) is 11.8. The Morgan fingerprint density at radius 2 is 1.82 bits per heavy atom. The van der Waals surface area contributed by atoms with E-state index in [2.05, 4.69) is 10.3 Å². The molecule has 1 aliphatic heterocycles. The van der Waals surface area contributed by atoms with Crippen LogP contribution < -0.4 is 5.32 Å². The lowest BCUT2D eigenvalue weighted by molar-refractivity contribution is -0.138. The van der Waals surface area contributed by atoms with Gasteiger partial charge in [0.2, 0.25) is 5.91 Å². The number of benzene rings is 2. The van der Waals surface area contributed by atoms with E-state index < -0.39 is 22.5 Å². The molecule has 1 saturated heterocycles. The number of carbonyl (C=O) groups is 1. The van der Waals surface area contributed by atoms with Crippen LogP contribution in [0, 0.1) is 11.3 Å². The molecule has 4 nitrogen and oxygen atoms in total. The molecule has 1 heterocycles. The van der Waals surface area contributed by atoms with E-state index in [1.165, 1.54) is 18.2 Å². The number of alkyl halides is 3. The number of hydrogen-bond acceptors (Lipinski definition) is 4. The highest BCUT2D eigenvalue weighted by molar-refractivity contribution is 8.15. The molecule has 0 aliphatic carbocycles. The van der Waals surface area contributed by atoms with Gasteiger partial charge in [0, 0.05) is 0 Å². The summed E-state index contributed by atoms with van der Waals surface area (Å²) in [6.07, 6.45) is -4.48. The normalized spacial score (nSPS) is 22.0. The first-order valence-electron chi connectivity index (χ1n) is 8.40. The van der Waals surface area contributed by atoms with Gasteiger partial charge in [0.05, 0.1) is 23.2 Å². The van der Waals surface area contributed by atoms with Gasteiger partial charge in [0.25, 0.3) is 0 Å². The molecule has 2 unspecified atom stereocenters. The second kappa shape index (κ2) is 7.32. The summed E-state index contributed by atoms with van der Waals surface area (Å²) < 4.78 is 38.8. The van der Waals surface area contributed by atoms with Crippen molar-refractivity contribution in [2.24, 2.45) is 4.99 Å². The van der Waals surface area contributed by atoms with Crippen molar-refractivity contribution in [2.75, 3.05) is 0 Å². The summed E-state index contributed by atoms with van der Waals surface area (Å²) >= 11 is 1.15. The Morgan fingerprint density at radius 1 is 1.18 bits per heavy atom. The lowest BCUT2D eigenvalue weighted by Gasteiger charge is -2.19. The molecule has 8 heteroatoms. The first-order chi connectivity index (χ1) is 13.1. The third-order valence-electron chi connectivity index (χ3n) is 4.55. The summed E-state index contributed by atoms with van der Waals surface area (Å²) in [6.45, 7) is 3.27. The number of nitrogens with one attached hydrogen (secondary N) is 1. The molecule has 2 atom stereocenters. The number of carbonyl (C=O) groups excluding carboxylic acids is 1. The molecule has 0 aromatic heterocycles. The Labute approximate surface area is 164 Å². The molecule has 0 saturated carbocycles. The Morgan fingerprint density at radius 3 is 2.43 bits per heavy atom. The van der Waals surface area contributed by atoms with Crippen LogP contribution in [0.1, 0.15) is 42.1 Å². The van der Waals surface area contributed by atoms with Crippen molar-refractivity contribution < 1.29 is 18.0 Å². The maximum absolute atomic E-state index is 13.2. The van der Waals surface area contributed by atoms with Crippen molar-refractivity contribution in [1.82, 2.24) is 5.32 Å². The molecule has 1 amide bonds. The molecule has 0 bridgehead atoms. The largest absolute Gasteiger partial charge is 0.416 e. The summed E-state index contributed by atoms with van der Waals surface area (Å²) in [5.74, 6) is -0.308. The average Bonchev–Trinajstić information content (AvgIpc) is 2.95. The molecule has 1 N–H and O–H groups in total. The smallest absolute Gasteiger partial charge is 0.304 e. The van der Waals surface area contributed by atoms with Crippen molar-refractivity contribution >= 4 is 22.8 Å². The Hall–Kier alpha value is -2.79. The second-order valence-electron chi connectivity index (χ2n) is 6.47. The molecule has 28 heavy (non-hydrogen) atoms. The fourth-order valence-corrected chi connectivity index (χ4v) is 4.10. The number of nitriles is 1. The van der Waals surface area contributed by atoms with Crippen molar-refractivity contribution in [3.63, 3.8) is 0 Å². The highest BCUT2D eigenvalue weighted by Crippen LogP contribution is 2.42. The van der Waals surface area contributed by atoms with Gasteiger partial charge in [-0.2, -0.15) is 18.4 Å². The molecule has 0 spiro atoms. The highest BCUT2D eigenvalue weighted by atomic mass is 32.2. The fourth-order valence-electron chi connectivity index (χ4n) is 2.96. The Kier molecular flexibility index (Phi) is 5.22. The molecule has 144 valence electrons. The first-order valence-corrected chi connectivity index (χ1v) is 9.22. The molecular formula is C20H16F3N3OS. The topological polar surface area (TPSA) is 65.2 Å². The second-order valence-corrected chi connectivity index (χ2v) is 7.88. The van der Waals surface area contributed by atoms with Crippen molar-refractivity contribution in [3.8, 4) is 6.07 Å². The van der Waals surface area contributed by atoms with Crippen molar-refractivity contribution in [2.45, 2.75) is 30.8 Å². The van der Waals surface area contributed by atoms with Crippen LogP contribution >= 0.6 is 11.8 Å². The molecule has 2 aromatic carbocycles. The zero-order valence-corrected chi connectivity index (χ0v) is 15.9. The van der Waals surface area contributed by atoms with E-state index in [-0.39, 0.29) is 16.6 Å². The van der Waals surface area contributed by atoms with Crippen LogP contribution in [0.4, 0.5) is 13.2 Å². The van der Waals surface area contributed by atoms with Crippen LogP contribution in [0.5, 0.6) is 0 Å². The monoisotopic (exact) mass is 403 g/mol. The van der Waals surface area contributed by atoms with E-state index in [1.54, 1.807) is 38.1 Å². The third kappa shape index (κ3) is 3.76. The number of rotatable bonds is 3. The zero-order valence-electron chi connectivity index (χ0n) is 15.0. The van der Waals surface area contributed by atoms with Gasteiger partial charge in [-0.1, -0.05) is 42.1 Å². The number of hydrogen-bond donors (Lipinski definition) is 1. The molecule has 3 rings (SSSR count). The lowest BCUT2D eigenvalue weighted by atomic mass is 9.98. The summed E-state index contributed by atoms with van der Waals surface area (Å²) in [5.41, 5.74) is 0.463. The minimum atomic E-state index is -4.48. The first kappa shape index (κ1) is 20.0. The van der Waals surface area contributed by atoms with Gasteiger partial charge in [-0.05, 0) is 43.2 Å². The van der Waals surface area contributed by atoms with E-state index in [1.807, 2.05) is 6.07 Å². The predicted molar refractivity (Wildman–Crippen MR) is 102 cm³/mol. The van der Waals surface area contributed by atoms with Gasteiger partial charge in [-0.25, -0.2) is 0 Å². The number of amides is 1. The fraction of sp³-hybridized carbons (Fsp3) is 0.250. The Balaban J connectivity index is 1.89. The SMILES string of the molecule is CC(N=C1NC(=O)C(C)(c2ccc(C#N)cc2)S1)c1ccccc1C(F)(F)F. The number of halogens is 3. The maximum Gasteiger partial charge on any atom is 0.416 e. The highest BCUT2D eigenvalue weighted by Gasteiger charge is 2.44. The van der Waals surface area contributed by atoms with Crippen LogP contribution in [0.2, 0.25) is 0 Å². The molecule has 1 fully saturated rings. The van der Waals surface area contributed by atoms with E-state index in [9.17, 15) is 18.0 Å². The average molecular weight is 403 g/mol. The predicted octanol–water partition coefficient (Wildman–Crippen LogP) is 4.77. The zero-order chi connectivity index (χ0) is 20.5. The minimum absolute atomic E-state index is 0.0457. The summed E-state index contributed by atoms with van der Waals surface area (Å²) in [6, 6.07) is 13.1. The van der Waals surface area contributed by atoms with E-state index in [0.717, 1.165) is 17.8 Å². The van der Waals surface area contributed by atoms with Gasteiger partial charge < -0.3 is 5.32 Å².